The summed E-state index contributed by atoms with van der Waals surface area (Å²) < 4.78 is 0. The second-order valence-corrected chi connectivity index (χ2v) is 6.35. The van der Waals surface area contributed by atoms with Crippen molar-refractivity contribution in [2.75, 3.05) is 0 Å². The predicted molar refractivity (Wildman–Crippen MR) is 59.2 cm³/mol. The van der Waals surface area contributed by atoms with Gasteiger partial charge in [0.05, 0.1) is 0 Å². The van der Waals surface area contributed by atoms with Crippen LogP contribution >= 0.6 is 0 Å². The second kappa shape index (κ2) is 2.75. The predicted octanol–water partition coefficient (Wildman–Crippen LogP) is 3.10. The fraction of sp³-hybridized carbons (Fsp3) is 1.00. The first kappa shape index (κ1) is 9.21. The van der Waals surface area contributed by atoms with Gasteiger partial charge in [-0.15, -0.1) is 0 Å². The van der Waals surface area contributed by atoms with Crippen molar-refractivity contribution in [2.45, 2.75) is 70.9 Å². The minimum atomic E-state index is 0.653. The van der Waals surface area contributed by atoms with Crippen LogP contribution in [-0.4, -0.2) is 12.1 Å². The maximum absolute atomic E-state index is 3.91. The van der Waals surface area contributed by atoms with Gasteiger partial charge in [-0.3, -0.25) is 0 Å². The van der Waals surface area contributed by atoms with Crippen molar-refractivity contribution >= 4 is 0 Å². The molecule has 0 aliphatic heterocycles. The SMILES string of the molecule is CC(NC1CCC12CCC2)C1(C)CC1. The molecule has 3 saturated carbocycles. The Morgan fingerprint density at radius 3 is 2.21 bits per heavy atom. The molecular formula is C13H23N. The van der Waals surface area contributed by atoms with Crippen molar-refractivity contribution in [3.05, 3.63) is 0 Å². The monoisotopic (exact) mass is 193 g/mol. The molecule has 14 heavy (non-hydrogen) atoms. The first-order chi connectivity index (χ1) is 6.65. The summed E-state index contributed by atoms with van der Waals surface area (Å²) in [5.74, 6) is 0. The van der Waals surface area contributed by atoms with Gasteiger partial charge < -0.3 is 5.32 Å². The molecule has 3 aliphatic carbocycles. The summed E-state index contributed by atoms with van der Waals surface area (Å²) in [6.45, 7) is 4.84. The molecule has 1 heteroatoms. The molecule has 0 heterocycles. The van der Waals surface area contributed by atoms with Crippen molar-refractivity contribution in [2.24, 2.45) is 10.8 Å². The highest BCUT2D eigenvalue weighted by Gasteiger charge is 2.52. The van der Waals surface area contributed by atoms with Crippen LogP contribution < -0.4 is 5.32 Å². The first-order valence-corrected chi connectivity index (χ1v) is 6.41. The molecule has 2 atom stereocenters. The number of rotatable bonds is 3. The average molecular weight is 193 g/mol. The van der Waals surface area contributed by atoms with Gasteiger partial charge in [-0.05, 0) is 56.3 Å². The third-order valence-corrected chi connectivity index (χ3v) is 5.55. The number of hydrogen-bond donors (Lipinski definition) is 1. The standard InChI is InChI=1S/C13H23N/c1-10(12(2)8-9-12)14-11-4-7-13(11)5-3-6-13/h10-11,14H,3-9H2,1-2H3. The third kappa shape index (κ3) is 1.18. The molecule has 0 aromatic rings. The molecule has 0 radical (unpaired) electrons. The molecule has 0 aromatic carbocycles. The Morgan fingerprint density at radius 2 is 1.86 bits per heavy atom. The van der Waals surface area contributed by atoms with E-state index in [4.69, 9.17) is 0 Å². The van der Waals surface area contributed by atoms with Crippen LogP contribution in [0, 0.1) is 10.8 Å². The second-order valence-electron chi connectivity index (χ2n) is 6.35. The number of nitrogens with one attached hydrogen (secondary N) is 1. The van der Waals surface area contributed by atoms with Gasteiger partial charge in [0.2, 0.25) is 0 Å². The molecule has 0 aromatic heterocycles. The van der Waals surface area contributed by atoms with E-state index >= 15 is 0 Å². The lowest BCUT2D eigenvalue weighted by Gasteiger charge is -2.57. The summed E-state index contributed by atoms with van der Waals surface area (Å²) in [7, 11) is 0. The van der Waals surface area contributed by atoms with E-state index in [2.05, 4.69) is 19.2 Å². The van der Waals surface area contributed by atoms with Crippen LogP contribution in [0.15, 0.2) is 0 Å². The van der Waals surface area contributed by atoms with E-state index in [1.807, 2.05) is 0 Å². The minimum absolute atomic E-state index is 0.653. The highest BCUT2D eigenvalue weighted by molar-refractivity contribution is 5.08. The Balaban J connectivity index is 1.57. The van der Waals surface area contributed by atoms with Crippen molar-refractivity contribution in [3.63, 3.8) is 0 Å². The van der Waals surface area contributed by atoms with E-state index in [1.165, 1.54) is 44.9 Å². The van der Waals surface area contributed by atoms with Gasteiger partial charge in [0.25, 0.3) is 0 Å². The van der Waals surface area contributed by atoms with Gasteiger partial charge >= 0.3 is 0 Å². The van der Waals surface area contributed by atoms with Crippen LogP contribution in [0.2, 0.25) is 0 Å². The third-order valence-electron chi connectivity index (χ3n) is 5.55. The summed E-state index contributed by atoms with van der Waals surface area (Å²) in [5, 5.41) is 3.91. The maximum atomic E-state index is 3.91. The summed E-state index contributed by atoms with van der Waals surface area (Å²) in [4.78, 5) is 0. The zero-order valence-electron chi connectivity index (χ0n) is 9.60. The largest absolute Gasteiger partial charge is 0.310 e. The van der Waals surface area contributed by atoms with Crippen LogP contribution in [0.5, 0.6) is 0 Å². The molecule has 3 aliphatic rings. The minimum Gasteiger partial charge on any atom is -0.310 e. The van der Waals surface area contributed by atoms with Crippen molar-refractivity contribution in [1.29, 1.82) is 0 Å². The average Bonchev–Trinajstić information content (AvgIpc) is 2.75. The van der Waals surface area contributed by atoms with Gasteiger partial charge in [0.1, 0.15) is 0 Å². The van der Waals surface area contributed by atoms with E-state index in [9.17, 15) is 0 Å². The van der Waals surface area contributed by atoms with Gasteiger partial charge in [-0.2, -0.15) is 0 Å². The van der Waals surface area contributed by atoms with Crippen LogP contribution in [0.4, 0.5) is 0 Å². The lowest BCUT2D eigenvalue weighted by Crippen LogP contribution is -2.59. The molecule has 2 unspecified atom stereocenters. The van der Waals surface area contributed by atoms with E-state index in [0.29, 0.717) is 5.41 Å². The molecule has 80 valence electrons. The zero-order chi connectivity index (χ0) is 9.81. The van der Waals surface area contributed by atoms with Crippen molar-refractivity contribution in [3.8, 4) is 0 Å². The summed E-state index contributed by atoms with van der Waals surface area (Å²) in [6.07, 6.45) is 10.3. The fourth-order valence-electron chi connectivity index (χ4n) is 3.32. The summed E-state index contributed by atoms with van der Waals surface area (Å²) in [5.41, 5.74) is 1.43. The molecule has 0 amide bonds. The fourth-order valence-corrected chi connectivity index (χ4v) is 3.32. The van der Waals surface area contributed by atoms with Crippen LogP contribution in [0.25, 0.3) is 0 Å². The molecule has 1 nitrogen and oxygen atoms in total. The molecule has 1 N–H and O–H groups in total. The molecular weight excluding hydrogens is 170 g/mol. The Bertz CT molecular complexity index is 232. The zero-order valence-corrected chi connectivity index (χ0v) is 9.60. The molecule has 3 rings (SSSR count). The van der Waals surface area contributed by atoms with Gasteiger partial charge in [0.15, 0.2) is 0 Å². The Morgan fingerprint density at radius 1 is 1.14 bits per heavy atom. The van der Waals surface area contributed by atoms with E-state index in [0.717, 1.165) is 17.5 Å². The summed E-state index contributed by atoms with van der Waals surface area (Å²) >= 11 is 0. The van der Waals surface area contributed by atoms with Gasteiger partial charge in [0, 0.05) is 12.1 Å². The smallest absolute Gasteiger partial charge is 0.0126 e. The highest BCUT2D eigenvalue weighted by Crippen LogP contribution is 2.57. The molecule has 0 bridgehead atoms. The quantitative estimate of drug-likeness (QED) is 0.726. The van der Waals surface area contributed by atoms with E-state index in [1.54, 1.807) is 0 Å². The van der Waals surface area contributed by atoms with E-state index in [-0.39, 0.29) is 0 Å². The summed E-state index contributed by atoms with van der Waals surface area (Å²) in [6, 6.07) is 1.63. The van der Waals surface area contributed by atoms with Crippen molar-refractivity contribution < 1.29 is 0 Å². The van der Waals surface area contributed by atoms with E-state index < -0.39 is 0 Å². The molecule has 1 spiro atoms. The van der Waals surface area contributed by atoms with Crippen molar-refractivity contribution in [1.82, 2.24) is 5.32 Å². The number of hydrogen-bond acceptors (Lipinski definition) is 1. The van der Waals surface area contributed by atoms with Gasteiger partial charge in [-0.1, -0.05) is 13.3 Å². The Kier molecular flexibility index (Phi) is 1.81. The normalized spacial score (nSPS) is 38.6. The maximum Gasteiger partial charge on any atom is 0.0126 e. The van der Waals surface area contributed by atoms with Gasteiger partial charge in [-0.25, -0.2) is 0 Å². The lowest BCUT2D eigenvalue weighted by molar-refractivity contribution is -0.0255. The van der Waals surface area contributed by atoms with Crippen LogP contribution in [0.3, 0.4) is 0 Å². The van der Waals surface area contributed by atoms with Crippen LogP contribution in [-0.2, 0) is 0 Å². The topological polar surface area (TPSA) is 12.0 Å². The first-order valence-electron chi connectivity index (χ1n) is 6.41. The Labute approximate surface area is 87.7 Å². The lowest BCUT2D eigenvalue weighted by atomic mass is 9.53. The highest BCUT2D eigenvalue weighted by atomic mass is 15.0. The van der Waals surface area contributed by atoms with Crippen LogP contribution in [0.1, 0.15) is 58.8 Å². The Hall–Kier alpha value is -0.0400. The molecule has 3 fully saturated rings. The molecule has 0 saturated heterocycles.